The van der Waals surface area contributed by atoms with Gasteiger partial charge in [0.2, 0.25) is 0 Å². The van der Waals surface area contributed by atoms with Crippen LogP contribution in [0.15, 0.2) is 48.8 Å². The van der Waals surface area contributed by atoms with Crippen LogP contribution in [-0.2, 0) is 17.8 Å². The van der Waals surface area contributed by atoms with Crippen LogP contribution in [0.2, 0.25) is 0 Å². The first-order valence-corrected chi connectivity index (χ1v) is 9.09. The van der Waals surface area contributed by atoms with Gasteiger partial charge >= 0.3 is 5.97 Å². The second kappa shape index (κ2) is 5.95. The summed E-state index contributed by atoms with van der Waals surface area (Å²) in [5.41, 5.74) is 4.76. The van der Waals surface area contributed by atoms with Crippen LogP contribution in [0, 0.1) is 6.92 Å². The number of amides is 1. The lowest BCUT2D eigenvalue weighted by molar-refractivity contribution is -0.142. The van der Waals surface area contributed by atoms with Gasteiger partial charge in [-0.15, -0.1) is 0 Å². The van der Waals surface area contributed by atoms with E-state index in [0.717, 1.165) is 27.7 Å². The number of nitrogens with one attached hydrogen (secondary N) is 1. The first kappa shape index (κ1) is 16.6. The van der Waals surface area contributed by atoms with Gasteiger partial charge in [-0.25, -0.2) is 9.78 Å². The maximum Gasteiger partial charge on any atom is 0.326 e. The number of pyridine rings is 1. The molecule has 1 atom stereocenters. The summed E-state index contributed by atoms with van der Waals surface area (Å²) >= 11 is 0. The van der Waals surface area contributed by atoms with Crippen molar-refractivity contribution in [3.8, 4) is 0 Å². The Bertz CT molecular complexity index is 1250. The van der Waals surface area contributed by atoms with Crippen LogP contribution in [0.25, 0.3) is 16.6 Å². The number of imidazole rings is 1. The van der Waals surface area contributed by atoms with Crippen molar-refractivity contribution in [2.75, 3.05) is 0 Å². The number of para-hydroxylation sites is 1. The number of H-pyrrole nitrogens is 1. The van der Waals surface area contributed by atoms with Gasteiger partial charge < -0.3 is 19.4 Å². The van der Waals surface area contributed by atoms with Crippen molar-refractivity contribution in [3.05, 3.63) is 71.3 Å². The monoisotopic (exact) mass is 374 g/mol. The minimum absolute atomic E-state index is 0.215. The van der Waals surface area contributed by atoms with E-state index in [2.05, 4.69) is 9.97 Å². The second-order valence-electron chi connectivity index (χ2n) is 7.22. The molecule has 5 rings (SSSR count). The summed E-state index contributed by atoms with van der Waals surface area (Å²) in [5.74, 6) is -1.39. The third-order valence-corrected chi connectivity index (χ3v) is 5.37. The van der Waals surface area contributed by atoms with Gasteiger partial charge in [-0.2, -0.15) is 0 Å². The van der Waals surface area contributed by atoms with Crippen LogP contribution >= 0.6 is 0 Å². The minimum Gasteiger partial charge on any atom is -0.480 e. The normalized spacial score (nSPS) is 16.5. The number of carboxylic acids is 1. The molecular formula is C21H18N4O3. The molecule has 7 heteroatoms. The average molecular weight is 374 g/mol. The molecule has 0 unspecified atom stereocenters. The molecule has 2 N–H and O–H groups in total. The molecule has 0 bridgehead atoms. The Labute approximate surface area is 160 Å². The summed E-state index contributed by atoms with van der Waals surface area (Å²) in [6.45, 7) is 2.18. The number of aromatic nitrogens is 3. The third-order valence-electron chi connectivity index (χ3n) is 5.37. The molecule has 0 aliphatic carbocycles. The number of hydrogen-bond donors (Lipinski definition) is 2. The molecule has 7 nitrogen and oxygen atoms in total. The van der Waals surface area contributed by atoms with Crippen molar-refractivity contribution >= 4 is 28.4 Å². The Morgan fingerprint density at radius 3 is 2.82 bits per heavy atom. The standard InChI is InChI=1S/C21H18N4O3/c1-12-6-7-19-23-17(10-24(19)9-12)20(26)25-11-16-14(8-18(25)21(27)28)13-4-2-3-5-15(13)22-16/h2-7,9-10,18,22H,8,11H2,1H3,(H,27,28)/t18-/m0/s1. The number of fused-ring (bicyclic) bond motifs is 4. The van der Waals surface area contributed by atoms with Crippen molar-refractivity contribution in [2.24, 2.45) is 0 Å². The van der Waals surface area contributed by atoms with E-state index in [1.165, 1.54) is 4.90 Å². The van der Waals surface area contributed by atoms with Gasteiger partial charge in [0, 0.05) is 35.4 Å². The Hall–Kier alpha value is -3.61. The number of aryl methyl sites for hydroxylation is 1. The summed E-state index contributed by atoms with van der Waals surface area (Å²) in [6.07, 6.45) is 3.82. The third kappa shape index (κ3) is 2.47. The smallest absolute Gasteiger partial charge is 0.326 e. The van der Waals surface area contributed by atoms with Crippen molar-refractivity contribution in [3.63, 3.8) is 0 Å². The molecule has 0 saturated carbocycles. The molecule has 1 amide bonds. The fourth-order valence-electron chi connectivity index (χ4n) is 4.00. The van der Waals surface area contributed by atoms with Crippen LogP contribution in [-0.4, -0.2) is 42.3 Å². The van der Waals surface area contributed by atoms with E-state index in [4.69, 9.17) is 0 Å². The van der Waals surface area contributed by atoms with E-state index in [0.29, 0.717) is 5.65 Å². The highest BCUT2D eigenvalue weighted by atomic mass is 16.4. The highest BCUT2D eigenvalue weighted by Crippen LogP contribution is 2.31. The van der Waals surface area contributed by atoms with Crippen LogP contribution in [0.3, 0.4) is 0 Å². The lowest BCUT2D eigenvalue weighted by atomic mass is 9.96. The first-order chi connectivity index (χ1) is 13.5. The predicted octanol–water partition coefficient (Wildman–Crippen LogP) is 2.78. The SMILES string of the molecule is Cc1ccc2nc(C(=O)N3Cc4[nH]c5ccccc5c4C[C@H]3C(=O)O)cn2c1. The van der Waals surface area contributed by atoms with Crippen molar-refractivity contribution < 1.29 is 14.7 Å². The van der Waals surface area contributed by atoms with Gasteiger partial charge in [-0.05, 0) is 30.2 Å². The predicted molar refractivity (Wildman–Crippen MR) is 103 cm³/mol. The summed E-state index contributed by atoms with van der Waals surface area (Å²) in [4.78, 5) is 34.2. The Morgan fingerprint density at radius 1 is 1.18 bits per heavy atom. The number of hydrogen-bond acceptors (Lipinski definition) is 3. The molecule has 0 spiro atoms. The molecule has 3 aromatic heterocycles. The second-order valence-corrected chi connectivity index (χ2v) is 7.22. The lowest BCUT2D eigenvalue weighted by Gasteiger charge is -2.32. The fourth-order valence-corrected chi connectivity index (χ4v) is 4.00. The van der Waals surface area contributed by atoms with Gasteiger partial charge in [0.15, 0.2) is 0 Å². The summed E-state index contributed by atoms with van der Waals surface area (Å²) in [5, 5.41) is 10.8. The zero-order valence-electron chi connectivity index (χ0n) is 15.2. The van der Waals surface area contributed by atoms with E-state index >= 15 is 0 Å². The Balaban J connectivity index is 1.56. The quantitative estimate of drug-likeness (QED) is 0.564. The molecular weight excluding hydrogens is 356 g/mol. The minimum atomic E-state index is -1.01. The summed E-state index contributed by atoms with van der Waals surface area (Å²) in [7, 11) is 0. The van der Waals surface area contributed by atoms with Gasteiger partial charge in [0.1, 0.15) is 17.4 Å². The number of carboxylic acid groups (broad SMARTS) is 1. The maximum atomic E-state index is 13.2. The largest absolute Gasteiger partial charge is 0.480 e. The highest BCUT2D eigenvalue weighted by molar-refractivity contribution is 5.96. The van der Waals surface area contributed by atoms with Crippen molar-refractivity contribution in [2.45, 2.75) is 25.9 Å². The van der Waals surface area contributed by atoms with Crippen molar-refractivity contribution in [1.82, 2.24) is 19.3 Å². The fraction of sp³-hybridized carbons (Fsp3) is 0.190. The van der Waals surface area contributed by atoms with E-state index in [1.54, 1.807) is 10.6 Å². The molecule has 1 aliphatic heterocycles. The van der Waals surface area contributed by atoms with Crippen LogP contribution in [0.4, 0.5) is 0 Å². The van der Waals surface area contributed by atoms with Gasteiger partial charge in [0.05, 0.1) is 6.54 Å². The summed E-state index contributed by atoms with van der Waals surface area (Å²) in [6, 6.07) is 10.6. The van der Waals surface area contributed by atoms with E-state index < -0.39 is 12.0 Å². The molecule has 1 aromatic carbocycles. The number of carbonyl (C=O) groups is 2. The topological polar surface area (TPSA) is 90.7 Å². The Kier molecular flexibility index (Phi) is 3.52. The zero-order chi connectivity index (χ0) is 19.4. The first-order valence-electron chi connectivity index (χ1n) is 9.09. The number of carbonyl (C=O) groups excluding carboxylic acids is 1. The molecule has 4 heterocycles. The zero-order valence-corrected chi connectivity index (χ0v) is 15.2. The van der Waals surface area contributed by atoms with Crippen molar-refractivity contribution in [1.29, 1.82) is 0 Å². The number of aromatic amines is 1. The molecule has 0 saturated heterocycles. The molecule has 4 aromatic rings. The molecule has 0 radical (unpaired) electrons. The summed E-state index contributed by atoms with van der Waals surface area (Å²) < 4.78 is 1.79. The molecule has 28 heavy (non-hydrogen) atoms. The van der Waals surface area contributed by atoms with E-state index in [9.17, 15) is 14.7 Å². The van der Waals surface area contributed by atoms with E-state index in [-0.39, 0.29) is 24.6 Å². The van der Waals surface area contributed by atoms with E-state index in [1.807, 2.05) is 49.5 Å². The lowest BCUT2D eigenvalue weighted by Crippen LogP contribution is -2.48. The average Bonchev–Trinajstić information content (AvgIpc) is 3.26. The van der Waals surface area contributed by atoms with Crippen LogP contribution in [0.5, 0.6) is 0 Å². The van der Waals surface area contributed by atoms with Gasteiger partial charge in [0.25, 0.3) is 5.91 Å². The number of nitrogens with zero attached hydrogens (tertiary/aromatic N) is 3. The Morgan fingerprint density at radius 2 is 2.00 bits per heavy atom. The number of aliphatic carboxylic acids is 1. The number of benzene rings is 1. The molecule has 1 aliphatic rings. The molecule has 140 valence electrons. The highest BCUT2D eigenvalue weighted by Gasteiger charge is 2.37. The maximum absolute atomic E-state index is 13.2. The number of rotatable bonds is 2. The van der Waals surface area contributed by atoms with Gasteiger partial charge in [-0.1, -0.05) is 24.3 Å². The van der Waals surface area contributed by atoms with Crippen LogP contribution < -0.4 is 0 Å². The van der Waals surface area contributed by atoms with Gasteiger partial charge in [-0.3, -0.25) is 4.79 Å². The molecule has 0 fully saturated rings. The van der Waals surface area contributed by atoms with Crippen LogP contribution in [0.1, 0.15) is 27.3 Å².